The molecule has 2 saturated heterocycles. The Hall–Kier alpha value is -2.83. The number of aromatic nitrogens is 1. The maximum absolute atomic E-state index is 12.7. The van der Waals surface area contributed by atoms with E-state index in [1.807, 2.05) is 12.3 Å². The van der Waals surface area contributed by atoms with Gasteiger partial charge in [0.1, 0.15) is 5.82 Å². The molecule has 1 N–H and O–H groups in total. The first kappa shape index (κ1) is 20.4. The topological polar surface area (TPSA) is 78.7 Å². The molecule has 1 atom stereocenters. The summed E-state index contributed by atoms with van der Waals surface area (Å²) < 4.78 is 5.21. The van der Waals surface area contributed by atoms with Crippen LogP contribution in [0.3, 0.4) is 0 Å². The third-order valence-corrected chi connectivity index (χ3v) is 6.02. The van der Waals surface area contributed by atoms with Crippen LogP contribution in [0.5, 0.6) is 0 Å². The minimum atomic E-state index is -0.193. The average molecular weight is 411 g/mol. The second-order valence-corrected chi connectivity index (χ2v) is 8.21. The highest BCUT2D eigenvalue weighted by Crippen LogP contribution is 2.20. The molecule has 1 unspecified atom stereocenters. The molecule has 0 aliphatic carbocycles. The van der Waals surface area contributed by atoms with Gasteiger partial charge in [-0.05, 0) is 49.4 Å². The van der Waals surface area contributed by atoms with Crippen LogP contribution in [-0.4, -0.2) is 47.9 Å². The predicted octanol–water partition coefficient (Wildman–Crippen LogP) is 3.22. The molecular formula is C23H30N4O3. The molecule has 2 aliphatic heterocycles. The lowest BCUT2D eigenvalue weighted by Gasteiger charge is -2.31. The third kappa shape index (κ3) is 5.01. The largest absolute Gasteiger partial charge is 0.459 e. The van der Waals surface area contributed by atoms with Crippen LogP contribution in [0.25, 0.3) is 0 Å². The molecule has 7 heteroatoms. The molecule has 0 bridgehead atoms. The van der Waals surface area contributed by atoms with Crippen molar-refractivity contribution in [2.45, 2.75) is 45.1 Å². The maximum Gasteiger partial charge on any atom is 0.289 e. The van der Waals surface area contributed by atoms with Gasteiger partial charge in [0.15, 0.2) is 5.76 Å². The van der Waals surface area contributed by atoms with Crippen LogP contribution in [0, 0.1) is 5.92 Å². The molecule has 0 radical (unpaired) electrons. The van der Waals surface area contributed by atoms with Gasteiger partial charge in [0.2, 0.25) is 5.91 Å². The van der Waals surface area contributed by atoms with E-state index in [1.54, 1.807) is 17.0 Å². The van der Waals surface area contributed by atoms with E-state index in [1.165, 1.54) is 31.9 Å². The summed E-state index contributed by atoms with van der Waals surface area (Å²) in [5.74, 6) is 0.995. The molecule has 2 fully saturated rings. The first-order valence-corrected chi connectivity index (χ1v) is 11.0. The molecule has 0 saturated carbocycles. The van der Waals surface area contributed by atoms with Gasteiger partial charge in [0, 0.05) is 38.9 Å². The van der Waals surface area contributed by atoms with Crippen LogP contribution in [0.4, 0.5) is 5.82 Å². The summed E-state index contributed by atoms with van der Waals surface area (Å²) in [4.78, 5) is 33.8. The summed E-state index contributed by atoms with van der Waals surface area (Å²) in [5.41, 5.74) is 0.987. The Kier molecular flexibility index (Phi) is 6.67. The molecule has 160 valence electrons. The van der Waals surface area contributed by atoms with Crippen molar-refractivity contribution in [3.05, 3.63) is 48.0 Å². The van der Waals surface area contributed by atoms with Crippen molar-refractivity contribution in [2.75, 3.05) is 31.1 Å². The van der Waals surface area contributed by atoms with E-state index in [0.717, 1.165) is 37.3 Å². The fourth-order valence-electron chi connectivity index (χ4n) is 4.27. The van der Waals surface area contributed by atoms with Gasteiger partial charge in [-0.3, -0.25) is 9.59 Å². The van der Waals surface area contributed by atoms with Gasteiger partial charge >= 0.3 is 0 Å². The smallest absolute Gasteiger partial charge is 0.289 e. The van der Waals surface area contributed by atoms with Crippen molar-refractivity contribution >= 4 is 17.6 Å². The highest BCUT2D eigenvalue weighted by molar-refractivity contribution is 5.92. The zero-order valence-electron chi connectivity index (χ0n) is 17.4. The predicted molar refractivity (Wildman–Crippen MR) is 114 cm³/mol. The fraction of sp³-hybridized carbons (Fsp3) is 0.522. The number of piperidine rings is 1. The van der Waals surface area contributed by atoms with Crippen LogP contribution in [0.15, 0.2) is 41.1 Å². The Morgan fingerprint density at radius 1 is 1.07 bits per heavy atom. The minimum absolute atomic E-state index is 0.0106. The normalized spacial score (nSPS) is 19.9. The molecule has 2 aromatic rings. The van der Waals surface area contributed by atoms with Gasteiger partial charge in [0.25, 0.3) is 5.91 Å². The number of likely N-dealkylation sites (tertiary alicyclic amines) is 1. The van der Waals surface area contributed by atoms with E-state index >= 15 is 0 Å². The highest BCUT2D eigenvalue weighted by atomic mass is 16.3. The number of pyridine rings is 1. The Bertz CT molecular complexity index is 827. The van der Waals surface area contributed by atoms with E-state index in [9.17, 15) is 9.59 Å². The number of carbonyl (C=O) groups is 2. The standard InChI is InChI=1S/C23H30N4O3/c28-22(19-7-5-13-27(17-19)23(29)20-8-6-14-30-20)25-16-18-9-10-21(24-15-18)26-11-3-1-2-4-12-26/h6,8-10,14-15,19H,1-5,7,11-13,16-17H2,(H,25,28). The third-order valence-electron chi connectivity index (χ3n) is 6.02. The molecule has 0 aromatic carbocycles. The number of furan rings is 1. The second-order valence-electron chi connectivity index (χ2n) is 8.21. The molecule has 0 spiro atoms. The summed E-state index contributed by atoms with van der Waals surface area (Å²) in [7, 11) is 0. The van der Waals surface area contributed by atoms with Gasteiger partial charge in [-0.15, -0.1) is 0 Å². The number of anilines is 1. The maximum atomic E-state index is 12.7. The number of amides is 2. The van der Waals surface area contributed by atoms with E-state index < -0.39 is 0 Å². The Balaban J connectivity index is 1.28. The molecule has 30 heavy (non-hydrogen) atoms. The van der Waals surface area contributed by atoms with Crippen LogP contribution < -0.4 is 10.2 Å². The molecule has 4 heterocycles. The van der Waals surface area contributed by atoms with Gasteiger partial charge < -0.3 is 19.5 Å². The van der Waals surface area contributed by atoms with Gasteiger partial charge in [-0.25, -0.2) is 4.98 Å². The zero-order valence-corrected chi connectivity index (χ0v) is 17.4. The number of rotatable bonds is 5. The lowest BCUT2D eigenvalue weighted by atomic mass is 9.97. The quantitative estimate of drug-likeness (QED) is 0.819. The fourth-order valence-corrected chi connectivity index (χ4v) is 4.27. The van der Waals surface area contributed by atoms with Crippen molar-refractivity contribution in [2.24, 2.45) is 5.92 Å². The summed E-state index contributed by atoms with van der Waals surface area (Å²) >= 11 is 0. The Morgan fingerprint density at radius 3 is 2.60 bits per heavy atom. The van der Waals surface area contributed by atoms with Gasteiger partial charge in [-0.1, -0.05) is 18.9 Å². The van der Waals surface area contributed by atoms with Crippen molar-refractivity contribution in [1.29, 1.82) is 0 Å². The van der Waals surface area contributed by atoms with E-state index in [2.05, 4.69) is 21.3 Å². The number of nitrogens with one attached hydrogen (secondary N) is 1. The van der Waals surface area contributed by atoms with E-state index in [4.69, 9.17) is 4.42 Å². The number of nitrogens with zero attached hydrogens (tertiary/aromatic N) is 3. The van der Waals surface area contributed by atoms with Crippen LogP contribution in [-0.2, 0) is 11.3 Å². The summed E-state index contributed by atoms with van der Waals surface area (Å²) in [6.45, 7) is 3.67. The lowest BCUT2D eigenvalue weighted by Crippen LogP contribution is -2.45. The van der Waals surface area contributed by atoms with Crippen molar-refractivity contribution in [3.63, 3.8) is 0 Å². The van der Waals surface area contributed by atoms with Gasteiger partial charge in [-0.2, -0.15) is 0 Å². The van der Waals surface area contributed by atoms with Crippen LogP contribution >= 0.6 is 0 Å². The zero-order chi connectivity index (χ0) is 20.8. The average Bonchev–Trinajstić information content (AvgIpc) is 3.20. The summed E-state index contributed by atoms with van der Waals surface area (Å²) in [6.07, 6.45) is 10.00. The summed E-state index contributed by atoms with van der Waals surface area (Å²) in [6, 6.07) is 7.46. The highest BCUT2D eigenvalue weighted by Gasteiger charge is 2.29. The molecule has 7 nitrogen and oxygen atoms in total. The van der Waals surface area contributed by atoms with Gasteiger partial charge in [0.05, 0.1) is 12.2 Å². The molecule has 4 rings (SSSR count). The molecular weight excluding hydrogens is 380 g/mol. The summed E-state index contributed by atoms with van der Waals surface area (Å²) in [5, 5.41) is 3.02. The van der Waals surface area contributed by atoms with Crippen molar-refractivity contribution < 1.29 is 14.0 Å². The molecule has 2 amide bonds. The number of carbonyl (C=O) groups excluding carboxylic acids is 2. The number of hydrogen-bond acceptors (Lipinski definition) is 5. The Labute approximate surface area is 177 Å². The number of hydrogen-bond donors (Lipinski definition) is 1. The van der Waals surface area contributed by atoms with E-state index in [0.29, 0.717) is 25.4 Å². The van der Waals surface area contributed by atoms with E-state index in [-0.39, 0.29) is 17.7 Å². The monoisotopic (exact) mass is 410 g/mol. The molecule has 2 aromatic heterocycles. The van der Waals surface area contributed by atoms with Crippen molar-refractivity contribution in [3.8, 4) is 0 Å². The van der Waals surface area contributed by atoms with Crippen LogP contribution in [0.2, 0.25) is 0 Å². The molecule has 2 aliphatic rings. The first-order valence-electron chi connectivity index (χ1n) is 11.0. The first-order chi connectivity index (χ1) is 14.7. The van der Waals surface area contributed by atoms with Crippen LogP contribution in [0.1, 0.15) is 54.6 Å². The lowest BCUT2D eigenvalue weighted by molar-refractivity contribution is -0.126. The second kappa shape index (κ2) is 9.78. The Morgan fingerprint density at radius 2 is 1.90 bits per heavy atom. The van der Waals surface area contributed by atoms with Crippen molar-refractivity contribution in [1.82, 2.24) is 15.2 Å². The minimum Gasteiger partial charge on any atom is -0.459 e. The SMILES string of the molecule is O=C(NCc1ccc(N2CCCCCC2)nc1)C1CCCN(C(=O)c2ccco2)C1.